The SMILES string of the molecule is CCOP(=O)(OCC)OC1=C[C@H]2CCCC3(OCCO3)[C@@]2(C)C=C1. The van der Waals surface area contributed by atoms with Crippen molar-refractivity contribution in [3.8, 4) is 0 Å². The van der Waals surface area contributed by atoms with Gasteiger partial charge in [-0.1, -0.05) is 13.0 Å². The summed E-state index contributed by atoms with van der Waals surface area (Å²) >= 11 is 0. The minimum atomic E-state index is -3.57. The van der Waals surface area contributed by atoms with Crippen LogP contribution in [0.5, 0.6) is 0 Å². The van der Waals surface area contributed by atoms with Crippen molar-refractivity contribution in [3.63, 3.8) is 0 Å². The Morgan fingerprint density at radius 2 is 1.92 bits per heavy atom. The highest BCUT2D eigenvalue weighted by molar-refractivity contribution is 7.48. The Hall–Kier alpha value is -0.650. The van der Waals surface area contributed by atoms with Gasteiger partial charge in [0.1, 0.15) is 5.76 Å². The van der Waals surface area contributed by atoms with Crippen molar-refractivity contribution in [2.45, 2.75) is 45.8 Å². The fraction of sp³-hybridized carbons (Fsp3) is 0.765. The molecule has 1 saturated heterocycles. The van der Waals surface area contributed by atoms with Crippen molar-refractivity contribution in [3.05, 3.63) is 24.0 Å². The van der Waals surface area contributed by atoms with E-state index in [1.165, 1.54) is 0 Å². The third kappa shape index (κ3) is 3.11. The van der Waals surface area contributed by atoms with E-state index in [1.54, 1.807) is 13.8 Å². The number of phosphoric acid groups is 1. The highest BCUT2D eigenvalue weighted by Crippen LogP contribution is 2.57. The third-order valence-corrected chi connectivity index (χ3v) is 6.70. The highest BCUT2D eigenvalue weighted by Gasteiger charge is 2.57. The van der Waals surface area contributed by atoms with Crippen molar-refractivity contribution >= 4 is 7.82 Å². The molecule has 3 aliphatic rings. The molecule has 2 aliphatic carbocycles. The van der Waals surface area contributed by atoms with Gasteiger partial charge in [-0.15, -0.1) is 0 Å². The van der Waals surface area contributed by atoms with Crippen LogP contribution in [0.4, 0.5) is 0 Å². The topological polar surface area (TPSA) is 63.2 Å². The van der Waals surface area contributed by atoms with Crippen LogP contribution in [-0.4, -0.2) is 32.2 Å². The molecule has 0 amide bonds. The standard InChI is InChI=1S/C17H27O6P/c1-4-21-24(18,22-5-2)23-15-8-10-16(3)14(13-15)7-6-9-17(16)19-11-12-20-17/h8,10,13-14H,4-7,9,11-12H2,1-3H3/t14-,16+/m1/s1. The number of phosphoric ester groups is 1. The van der Waals surface area contributed by atoms with E-state index in [-0.39, 0.29) is 24.5 Å². The van der Waals surface area contributed by atoms with E-state index in [2.05, 4.69) is 13.0 Å². The van der Waals surface area contributed by atoms with E-state index in [4.69, 9.17) is 23.0 Å². The molecule has 2 atom stereocenters. The predicted octanol–water partition coefficient (Wildman–Crippen LogP) is 4.19. The highest BCUT2D eigenvalue weighted by atomic mass is 31.2. The zero-order valence-corrected chi connectivity index (χ0v) is 15.6. The molecule has 0 radical (unpaired) electrons. The van der Waals surface area contributed by atoms with Crippen LogP contribution in [0, 0.1) is 11.3 Å². The average molecular weight is 358 g/mol. The summed E-state index contributed by atoms with van der Waals surface area (Å²) in [6.07, 6.45) is 8.84. The van der Waals surface area contributed by atoms with Crippen LogP contribution in [0.1, 0.15) is 40.0 Å². The van der Waals surface area contributed by atoms with Gasteiger partial charge in [0.25, 0.3) is 0 Å². The van der Waals surface area contributed by atoms with E-state index < -0.39 is 13.6 Å². The van der Waals surface area contributed by atoms with E-state index in [0.29, 0.717) is 19.0 Å². The molecule has 0 bridgehead atoms. The summed E-state index contributed by atoms with van der Waals surface area (Å²) in [5, 5.41) is 0. The van der Waals surface area contributed by atoms with Gasteiger partial charge in [0.2, 0.25) is 0 Å². The number of allylic oxidation sites excluding steroid dienone is 2. The van der Waals surface area contributed by atoms with Crippen molar-refractivity contribution in [1.29, 1.82) is 0 Å². The zero-order valence-electron chi connectivity index (χ0n) is 14.7. The number of fused-ring (bicyclic) bond motifs is 2. The lowest BCUT2D eigenvalue weighted by Crippen LogP contribution is -2.53. The van der Waals surface area contributed by atoms with Gasteiger partial charge in [-0.2, -0.15) is 0 Å². The summed E-state index contributed by atoms with van der Waals surface area (Å²) in [7, 11) is -3.57. The molecule has 0 aromatic carbocycles. The minimum absolute atomic E-state index is 0.195. The lowest BCUT2D eigenvalue weighted by Gasteiger charge is -2.51. The second-order valence-corrected chi connectivity index (χ2v) is 8.10. The number of rotatable bonds is 6. The van der Waals surface area contributed by atoms with Crippen LogP contribution in [0.2, 0.25) is 0 Å². The van der Waals surface area contributed by atoms with Crippen molar-refractivity contribution < 1.29 is 27.6 Å². The predicted molar refractivity (Wildman–Crippen MR) is 89.2 cm³/mol. The Balaban J connectivity index is 1.80. The van der Waals surface area contributed by atoms with Gasteiger partial charge in [0, 0.05) is 11.8 Å². The molecule has 3 rings (SSSR count). The van der Waals surface area contributed by atoms with Gasteiger partial charge in [0.05, 0.1) is 26.4 Å². The van der Waals surface area contributed by atoms with Crippen LogP contribution in [-0.2, 0) is 27.6 Å². The average Bonchev–Trinajstić information content (AvgIpc) is 3.00. The molecule has 0 aromatic rings. The minimum Gasteiger partial charge on any atom is -0.404 e. The maximum absolute atomic E-state index is 12.6. The van der Waals surface area contributed by atoms with E-state index in [9.17, 15) is 4.57 Å². The largest absolute Gasteiger partial charge is 0.530 e. The number of hydrogen-bond donors (Lipinski definition) is 0. The molecule has 6 nitrogen and oxygen atoms in total. The second-order valence-electron chi connectivity index (χ2n) is 6.51. The molecule has 0 aromatic heterocycles. The smallest absolute Gasteiger partial charge is 0.404 e. The van der Waals surface area contributed by atoms with Gasteiger partial charge in [-0.3, -0.25) is 9.05 Å². The van der Waals surface area contributed by atoms with Crippen molar-refractivity contribution in [1.82, 2.24) is 0 Å². The number of ether oxygens (including phenoxy) is 2. The fourth-order valence-corrected chi connectivity index (χ4v) is 5.12. The van der Waals surface area contributed by atoms with E-state index >= 15 is 0 Å². The lowest BCUT2D eigenvalue weighted by molar-refractivity contribution is -0.246. The zero-order chi connectivity index (χ0) is 17.3. The van der Waals surface area contributed by atoms with Gasteiger partial charge >= 0.3 is 7.82 Å². The van der Waals surface area contributed by atoms with Gasteiger partial charge in [-0.25, -0.2) is 4.57 Å². The monoisotopic (exact) mass is 358 g/mol. The molecule has 0 unspecified atom stereocenters. The summed E-state index contributed by atoms with van der Waals surface area (Å²) in [4.78, 5) is 0. The summed E-state index contributed by atoms with van der Waals surface area (Å²) in [5.41, 5.74) is -0.254. The maximum Gasteiger partial charge on any atom is 0.530 e. The van der Waals surface area contributed by atoms with Crippen molar-refractivity contribution in [2.24, 2.45) is 11.3 Å². The Morgan fingerprint density at radius 3 is 2.54 bits per heavy atom. The van der Waals surface area contributed by atoms with Crippen LogP contribution in [0.25, 0.3) is 0 Å². The van der Waals surface area contributed by atoms with E-state index in [0.717, 1.165) is 19.3 Å². The molecular formula is C17H27O6P. The summed E-state index contributed by atoms with van der Waals surface area (Å²) in [5.74, 6) is 0.164. The van der Waals surface area contributed by atoms with Gasteiger partial charge in [0.15, 0.2) is 5.79 Å². The van der Waals surface area contributed by atoms with Gasteiger partial charge < -0.3 is 14.0 Å². The Kier molecular flexibility index (Phi) is 5.24. The Bertz CT molecular complexity index is 555. The molecule has 0 N–H and O–H groups in total. The lowest BCUT2D eigenvalue weighted by atomic mass is 9.61. The summed E-state index contributed by atoms with van der Waals surface area (Å²) < 4.78 is 40.7. The Morgan fingerprint density at radius 1 is 1.25 bits per heavy atom. The first-order valence-electron chi connectivity index (χ1n) is 8.74. The second kappa shape index (κ2) is 6.93. The first kappa shape index (κ1) is 18.2. The molecule has 24 heavy (non-hydrogen) atoms. The third-order valence-electron chi connectivity index (χ3n) is 5.12. The fourth-order valence-electron chi connectivity index (χ4n) is 3.93. The van der Waals surface area contributed by atoms with Crippen molar-refractivity contribution in [2.75, 3.05) is 26.4 Å². The van der Waals surface area contributed by atoms with Crippen LogP contribution < -0.4 is 0 Å². The maximum atomic E-state index is 12.6. The summed E-state index contributed by atoms with van der Waals surface area (Å²) in [6, 6.07) is 0. The van der Waals surface area contributed by atoms with Crippen LogP contribution in [0.3, 0.4) is 0 Å². The van der Waals surface area contributed by atoms with Gasteiger partial charge in [-0.05, 0) is 44.8 Å². The Labute approximate surface area is 143 Å². The number of hydrogen-bond acceptors (Lipinski definition) is 6. The molecular weight excluding hydrogens is 331 g/mol. The quantitative estimate of drug-likeness (QED) is 0.664. The molecule has 136 valence electrons. The first-order chi connectivity index (χ1) is 11.5. The molecule has 7 heteroatoms. The molecule has 1 heterocycles. The summed E-state index contributed by atoms with van der Waals surface area (Å²) in [6.45, 7) is 7.48. The van der Waals surface area contributed by atoms with E-state index in [1.807, 2.05) is 12.2 Å². The first-order valence-corrected chi connectivity index (χ1v) is 10.2. The molecule has 1 spiro atoms. The molecule has 1 saturated carbocycles. The molecule has 1 aliphatic heterocycles. The normalized spacial score (nSPS) is 31.8. The van der Waals surface area contributed by atoms with Crippen LogP contribution >= 0.6 is 7.82 Å². The van der Waals surface area contributed by atoms with Crippen LogP contribution in [0.15, 0.2) is 24.0 Å². The molecule has 2 fully saturated rings.